The second-order valence-electron chi connectivity index (χ2n) is 10.9. The summed E-state index contributed by atoms with van der Waals surface area (Å²) in [4.78, 5) is 2.26. The van der Waals surface area contributed by atoms with Gasteiger partial charge in [0.2, 0.25) is 10.0 Å². The lowest BCUT2D eigenvalue weighted by Gasteiger charge is -2.28. The fourth-order valence-corrected chi connectivity index (χ4v) is 5.61. The quantitative estimate of drug-likeness (QED) is 0.191. The molecule has 1 unspecified atom stereocenters. The minimum Gasteiger partial charge on any atom is -0.493 e. The molecule has 7 nitrogen and oxygen atoms in total. The molecule has 0 aromatic heterocycles. The number of hydrogen-bond donors (Lipinski definition) is 1. The monoisotopic (exact) mass is 586 g/mol. The molecule has 1 saturated heterocycles. The standard InChI is InChI=1S/C34H38N2O5S/c1-25-10-12-27(13-11-25)21-36(34-9-5-8-33(26(34)2)35-42(3,37)38)22-28-14-16-30(17-15-28)41-32-7-4-6-31(20-32)40-24-29-18-19-39-23-29/h4-17,20,29,35H,18-19,21-24H2,1-3H3. The molecule has 1 aliphatic rings. The van der Waals surface area contributed by atoms with Gasteiger partial charge < -0.3 is 19.1 Å². The average Bonchev–Trinajstić information content (AvgIpc) is 3.48. The Bertz CT molecular complexity index is 1580. The summed E-state index contributed by atoms with van der Waals surface area (Å²) in [5.41, 5.74) is 5.89. The van der Waals surface area contributed by atoms with Crippen LogP contribution >= 0.6 is 0 Å². The van der Waals surface area contributed by atoms with E-state index in [1.165, 1.54) is 17.4 Å². The van der Waals surface area contributed by atoms with Gasteiger partial charge in [-0.1, -0.05) is 54.1 Å². The van der Waals surface area contributed by atoms with Gasteiger partial charge in [-0.15, -0.1) is 0 Å². The van der Waals surface area contributed by atoms with Crippen molar-refractivity contribution in [2.75, 3.05) is 35.7 Å². The van der Waals surface area contributed by atoms with Crippen LogP contribution in [-0.4, -0.2) is 34.5 Å². The van der Waals surface area contributed by atoms with Crippen LogP contribution in [0, 0.1) is 19.8 Å². The molecule has 4 aromatic carbocycles. The molecule has 0 bridgehead atoms. The molecule has 0 amide bonds. The normalized spacial score (nSPS) is 14.9. The number of hydrogen-bond acceptors (Lipinski definition) is 6. The molecular weight excluding hydrogens is 548 g/mol. The van der Waals surface area contributed by atoms with E-state index < -0.39 is 10.0 Å². The van der Waals surface area contributed by atoms with Gasteiger partial charge in [0.25, 0.3) is 0 Å². The van der Waals surface area contributed by atoms with E-state index in [2.05, 4.69) is 52.9 Å². The Labute approximate surface area is 249 Å². The summed E-state index contributed by atoms with van der Waals surface area (Å²) in [6, 6.07) is 30.0. The minimum absolute atomic E-state index is 0.440. The molecule has 0 radical (unpaired) electrons. The highest BCUT2D eigenvalue weighted by atomic mass is 32.2. The van der Waals surface area contributed by atoms with Gasteiger partial charge in [-0.3, -0.25) is 4.72 Å². The van der Waals surface area contributed by atoms with E-state index in [1.54, 1.807) is 6.07 Å². The van der Waals surface area contributed by atoms with E-state index >= 15 is 0 Å². The van der Waals surface area contributed by atoms with Crippen LogP contribution in [0.2, 0.25) is 0 Å². The molecule has 1 N–H and O–H groups in total. The third kappa shape index (κ3) is 8.27. The Morgan fingerprint density at radius 1 is 0.857 bits per heavy atom. The van der Waals surface area contributed by atoms with Crippen molar-refractivity contribution in [2.24, 2.45) is 5.92 Å². The topological polar surface area (TPSA) is 77.1 Å². The predicted octanol–water partition coefficient (Wildman–Crippen LogP) is 7.09. The first-order chi connectivity index (χ1) is 20.2. The number of nitrogens with one attached hydrogen (secondary N) is 1. The first kappa shape index (κ1) is 29.5. The average molecular weight is 587 g/mol. The lowest BCUT2D eigenvalue weighted by atomic mass is 10.1. The van der Waals surface area contributed by atoms with Crippen LogP contribution in [-0.2, 0) is 27.8 Å². The number of ether oxygens (including phenoxy) is 3. The lowest BCUT2D eigenvalue weighted by Crippen LogP contribution is -2.23. The van der Waals surface area contributed by atoms with E-state index in [0.29, 0.717) is 31.3 Å². The maximum absolute atomic E-state index is 12.0. The third-order valence-corrected chi connectivity index (χ3v) is 7.87. The summed E-state index contributed by atoms with van der Waals surface area (Å²) in [5.74, 6) is 2.68. The van der Waals surface area contributed by atoms with E-state index in [4.69, 9.17) is 14.2 Å². The first-order valence-corrected chi connectivity index (χ1v) is 16.1. The zero-order valence-corrected chi connectivity index (χ0v) is 25.2. The van der Waals surface area contributed by atoms with Crippen LogP contribution in [0.25, 0.3) is 0 Å². The summed E-state index contributed by atoms with van der Waals surface area (Å²) in [5, 5.41) is 0. The smallest absolute Gasteiger partial charge is 0.229 e. The van der Waals surface area contributed by atoms with Gasteiger partial charge >= 0.3 is 0 Å². The van der Waals surface area contributed by atoms with Crippen LogP contribution in [0.3, 0.4) is 0 Å². The number of anilines is 2. The van der Waals surface area contributed by atoms with Gasteiger partial charge in [-0.25, -0.2) is 8.42 Å². The lowest BCUT2D eigenvalue weighted by molar-refractivity contribution is 0.167. The molecule has 220 valence electrons. The zero-order valence-electron chi connectivity index (χ0n) is 24.4. The van der Waals surface area contributed by atoms with Gasteiger partial charge in [0.15, 0.2) is 0 Å². The Morgan fingerprint density at radius 2 is 1.52 bits per heavy atom. The second kappa shape index (κ2) is 13.3. The number of benzene rings is 4. The van der Waals surface area contributed by atoms with Gasteiger partial charge in [0, 0.05) is 37.4 Å². The number of rotatable bonds is 12. The zero-order chi connectivity index (χ0) is 29.5. The Morgan fingerprint density at radius 3 is 2.19 bits per heavy atom. The van der Waals surface area contributed by atoms with Crippen molar-refractivity contribution in [3.8, 4) is 17.2 Å². The highest BCUT2D eigenvalue weighted by Crippen LogP contribution is 2.31. The Balaban J connectivity index is 1.31. The largest absolute Gasteiger partial charge is 0.493 e. The van der Waals surface area contributed by atoms with Gasteiger partial charge in [0.1, 0.15) is 17.2 Å². The van der Waals surface area contributed by atoms with Crippen LogP contribution in [0.5, 0.6) is 17.2 Å². The van der Waals surface area contributed by atoms with Crippen molar-refractivity contribution in [1.82, 2.24) is 0 Å². The molecular formula is C34H38N2O5S. The molecule has 0 aliphatic carbocycles. The van der Waals surface area contributed by atoms with Crippen LogP contribution < -0.4 is 19.1 Å². The van der Waals surface area contributed by atoms with E-state index in [0.717, 1.165) is 53.7 Å². The highest BCUT2D eigenvalue weighted by molar-refractivity contribution is 7.92. The van der Waals surface area contributed by atoms with Crippen molar-refractivity contribution < 1.29 is 22.6 Å². The molecule has 1 aliphatic heterocycles. The molecule has 42 heavy (non-hydrogen) atoms. The van der Waals surface area contributed by atoms with Crippen molar-refractivity contribution in [1.29, 1.82) is 0 Å². The number of aryl methyl sites for hydroxylation is 1. The molecule has 1 fully saturated rings. The molecule has 0 saturated carbocycles. The Hall–Kier alpha value is -4.01. The predicted molar refractivity (Wildman–Crippen MR) is 168 cm³/mol. The van der Waals surface area contributed by atoms with E-state index in [1.807, 2.05) is 55.5 Å². The Kier molecular flexibility index (Phi) is 9.35. The minimum atomic E-state index is -3.40. The van der Waals surface area contributed by atoms with Gasteiger partial charge in [-0.05, 0) is 73.4 Å². The highest BCUT2D eigenvalue weighted by Gasteiger charge is 2.17. The summed E-state index contributed by atoms with van der Waals surface area (Å²) >= 11 is 0. The molecule has 0 spiro atoms. The summed E-state index contributed by atoms with van der Waals surface area (Å²) in [6.07, 6.45) is 2.20. The number of sulfonamides is 1. The fourth-order valence-electron chi connectivity index (χ4n) is 4.99. The summed E-state index contributed by atoms with van der Waals surface area (Å²) in [6.45, 7) is 7.53. The fraction of sp³-hybridized carbons (Fsp3) is 0.294. The molecule has 8 heteroatoms. The summed E-state index contributed by atoms with van der Waals surface area (Å²) < 4.78 is 44.1. The molecule has 1 atom stereocenters. The van der Waals surface area contributed by atoms with Crippen molar-refractivity contribution >= 4 is 21.4 Å². The van der Waals surface area contributed by atoms with Crippen LogP contribution in [0.1, 0.15) is 28.7 Å². The van der Waals surface area contributed by atoms with Gasteiger partial charge in [0.05, 0.1) is 25.2 Å². The first-order valence-electron chi connectivity index (χ1n) is 14.2. The second-order valence-corrected chi connectivity index (χ2v) is 12.7. The SMILES string of the molecule is Cc1ccc(CN(Cc2ccc(Oc3cccc(OCC4CCOC4)c3)cc2)c2cccc(NS(C)(=O)=O)c2C)cc1. The number of nitrogens with zero attached hydrogens (tertiary/aromatic N) is 1. The van der Waals surface area contributed by atoms with E-state index in [-0.39, 0.29) is 0 Å². The maximum atomic E-state index is 12.0. The van der Waals surface area contributed by atoms with Gasteiger partial charge in [-0.2, -0.15) is 0 Å². The van der Waals surface area contributed by atoms with Crippen molar-refractivity contribution in [3.05, 3.63) is 113 Å². The van der Waals surface area contributed by atoms with Crippen molar-refractivity contribution in [3.63, 3.8) is 0 Å². The van der Waals surface area contributed by atoms with Crippen molar-refractivity contribution in [2.45, 2.75) is 33.4 Å². The molecule has 4 aromatic rings. The molecule has 5 rings (SSSR count). The van der Waals surface area contributed by atoms with Crippen LogP contribution in [0.4, 0.5) is 11.4 Å². The summed E-state index contributed by atoms with van der Waals surface area (Å²) in [7, 11) is -3.40. The maximum Gasteiger partial charge on any atom is 0.229 e. The van der Waals surface area contributed by atoms with Crippen LogP contribution in [0.15, 0.2) is 91.0 Å². The third-order valence-electron chi connectivity index (χ3n) is 7.28. The van der Waals surface area contributed by atoms with E-state index in [9.17, 15) is 8.42 Å². The molecule has 1 heterocycles.